The highest BCUT2D eigenvalue weighted by atomic mass is 35.5. The molecule has 0 bridgehead atoms. The zero-order valence-electron chi connectivity index (χ0n) is 16.9. The monoisotopic (exact) mass is 421 g/mol. The third kappa shape index (κ3) is 5.76. The van der Waals surface area contributed by atoms with E-state index in [1.807, 2.05) is 24.3 Å². The van der Waals surface area contributed by atoms with Gasteiger partial charge in [0, 0.05) is 49.1 Å². The summed E-state index contributed by atoms with van der Waals surface area (Å²) in [6.07, 6.45) is 0. The first-order chi connectivity index (χ1) is 13.6. The zero-order chi connectivity index (χ0) is 19.9. The van der Waals surface area contributed by atoms with Crippen LogP contribution in [0.2, 0.25) is 0 Å². The van der Waals surface area contributed by atoms with Crippen LogP contribution in [0.1, 0.15) is 11.6 Å². The summed E-state index contributed by atoms with van der Waals surface area (Å²) in [5.41, 5.74) is 1.72. The quantitative estimate of drug-likeness (QED) is 0.716. The van der Waals surface area contributed by atoms with Crippen molar-refractivity contribution in [2.24, 2.45) is 0 Å². The normalized spacial score (nSPS) is 16.4. The molecule has 2 aromatic carbocycles. The van der Waals surface area contributed by atoms with Gasteiger partial charge in [0.15, 0.2) is 0 Å². The summed E-state index contributed by atoms with van der Waals surface area (Å²) in [6.45, 7) is 2.66. The Morgan fingerprint density at radius 2 is 1.79 bits per heavy atom. The number of methoxy groups -OCH3 is 3. The molecule has 1 heterocycles. The van der Waals surface area contributed by atoms with E-state index < -0.39 is 0 Å². The van der Waals surface area contributed by atoms with Gasteiger partial charge in [0.05, 0.1) is 33.9 Å². The number of para-hydroxylation sites is 1. The topological polar surface area (TPSA) is 72.1 Å². The number of anilines is 1. The number of rotatable bonds is 7. The number of nitrogens with one attached hydrogen (secondary N) is 2. The minimum atomic E-state index is -0.0860. The van der Waals surface area contributed by atoms with E-state index in [9.17, 15) is 4.79 Å². The van der Waals surface area contributed by atoms with Gasteiger partial charge >= 0.3 is 0 Å². The second-order valence-corrected chi connectivity index (χ2v) is 6.58. The third-order valence-corrected chi connectivity index (χ3v) is 4.83. The lowest BCUT2D eigenvalue weighted by molar-refractivity contribution is -0.118. The van der Waals surface area contributed by atoms with Crippen molar-refractivity contribution in [1.29, 1.82) is 0 Å². The molecular weight excluding hydrogens is 394 g/mol. The number of carbonyl (C=O) groups excluding carboxylic acids is 1. The van der Waals surface area contributed by atoms with E-state index in [0.717, 1.165) is 30.9 Å². The Hall–Kier alpha value is -2.48. The van der Waals surface area contributed by atoms with Crippen molar-refractivity contribution in [3.05, 3.63) is 48.0 Å². The highest BCUT2D eigenvalue weighted by Gasteiger charge is 2.27. The summed E-state index contributed by atoms with van der Waals surface area (Å²) in [4.78, 5) is 14.9. The third-order valence-electron chi connectivity index (χ3n) is 4.83. The molecule has 29 heavy (non-hydrogen) atoms. The Labute approximate surface area is 177 Å². The number of hydrogen-bond acceptors (Lipinski definition) is 6. The Kier molecular flexibility index (Phi) is 8.57. The van der Waals surface area contributed by atoms with Gasteiger partial charge in [-0.15, -0.1) is 12.4 Å². The number of ether oxygens (including phenoxy) is 3. The van der Waals surface area contributed by atoms with E-state index in [2.05, 4.69) is 15.5 Å². The fourth-order valence-corrected chi connectivity index (χ4v) is 3.45. The van der Waals surface area contributed by atoms with Gasteiger partial charge in [0.1, 0.15) is 17.2 Å². The van der Waals surface area contributed by atoms with Gasteiger partial charge in [-0.25, -0.2) is 0 Å². The van der Waals surface area contributed by atoms with Crippen LogP contribution in [-0.4, -0.2) is 58.3 Å². The van der Waals surface area contributed by atoms with E-state index in [4.69, 9.17) is 14.2 Å². The summed E-state index contributed by atoms with van der Waals surface area (Å²) < 4.78 is 16.0. The zero-order valence-corrected chi connectivity index (χ0v) is 17.8. The molecule has 2 N–H and O–H groups in total. The number of carbonyl (C=O) groups is 1. The predicted octanol–water partition coefficient (Wildman–Crippen LogP) is 2.72. The van der Waals surface area contributed by atoms with E-state index in [1.54, 1.807) is 39.5 Å². The predicted molar refractivity (Wildman–Crippen MR) is 116 cm³/mol. The van der Waals surface area contributed by atoms with Crippen molar-refractivity contribution in [3.8, 4) is 17.2 Å². The fourth-order valence-electron chi connectivity index (χ4n) is 3.45. The molecule has 158 valence electrons. The second kappa shape index (κ2) is 10.9. The molecule has 1 saturated heterocycles. The van der Waals surface area contributed by atoms with Gasteiger partial charge in [0.2, 0.25) is 5.91 Å². The SMILES string of the molecule is COc1cc(NC(=O)CN2CCNCC2c2ccccc2OC)cc(OC)c1.Cl. The summed E-state index contributed by atoms with van der Waals surface area (Å²) in [6, 6.07) is 13.3. The average Bonchev–Trinajstić information content (AvgIpc) is 2.73. The standard InChI is InChI=1S/C21H27N3O4.ClH/c1-26-16-10-15(11-17(12-16)27-2)23-21(25)14-24-9-8-22-13-19(24)18-6-4-5-7-20(18)28-3;/h4-7,10-12,19,22H,8-9,13-14H2,1-3H3,(H,23,25);1H. The van der Waals surface area contributed by atoms with Crippen LogP contribution < -0.4 is 24.8 Å². The van der Waals surface area contributed by atoms with Gasteiger partial charge in [-0.2, -0.15) is 0 Å². The van der Waals surface area contributed by atoms with Gasteiger partial charge in [-0.1, -0.05) is 18.2 Å². The van der Waals surface area contributed by atoms with Gasteiger partial charge in [-0.05, 0) is 6.07 Å². The first-order valence-corrected chi connectivity index (χ1v) is 9.25. The molecule has 1 unspecified atom stereocenters. The van der Waals surface area contributed by atoms with Crippen LogP contribution >= 0.6 is 12.4 Å². The van der Waals surface area contributed by atoms with E-state index in [-0.39, 0.29) is 30.9 Å². The van der Waals surface area contributed by atoms with Crippen molar-refractivity contribution in [2.75, 3.05) is 52.8 Å². The van der Waals surface area contributed by atoms with Crippen molar-refractivity contribution < 1.29 is 19.0 Å². The largest absolute Gasteiger partial charge is 0.497 e. The molecule has 8 heteroatoms. The van der Waals surface area contributed by atoms with Crippen molar-refractivity contribution in [1.82, 2.24) is 10.2 Å². The molecule has 7 nitrogen and oxygen atoms in total. The van der Waals surface area contributed by atoms with Gasteiger partial charge in [-0.3, -0.25) is 9.69 Å². The first-order valence-electron chi connectivity index (χ1n) is 9.25. The second-order valence-electron chi connectivity index (χ2n) is 6.58. The number of amides is 1. The van der Waals surface area contributed by atoms with Crippen LogP contribution in [0.3, 0.4) is 0 Å². The van der Waals surface area contributed by atoms with Crippen molar-refractivity contribution in [3.63, 3.8) is 0 Å². The van der Waals surface area contributed by atoms with Crippen molar-refractivity contribution >= 4 is 24.0 Å². The van der Waals surface area contributed by atoms with Crippen LogP contribution in [0.25, 0.3) is 0 Å². The molecule has 2 aromatic rings. The van der Waals surface area contributed by atoms with Crippen LogP contribution in [0.4, 0.5) is 5.69 Å². The van der Waals surface area contributed by atoms with Crippen molar-refractivity contribution in [2.45, 2.75) is 6.04 Å². The maximum absolute atomic E-state index is 12.7. The van der Waals surface area contributed by atoms with Gasteiger partial charge in [0.25, 0.3) is 0 Å². The Morgan fingerprint density at radius 1 is 1.10 bits per heavy atom. The number of halogens is 1. The van der Waals surface area contributed by atoms with Crippen LogP contribution in [0, 0.1) is 0 Å². The number of benzene rings is 2. The molecular formula is C21H28ClN3O4. The molecule has 0 aliphatic carbocycles. The molecule has 0 spiro atoms. The number of piperazine rings is 1. The highest BCUT2D eigenvalue weighted by Crippen LogP contribution is 2.30. The molecule has 1 atom stereocenters. The Balaban J connectivity index is 0.00000300. The molecule has 3 rings (SSSR count). The van der Waals surface area contributed by atoms with Gasteiger partial charge < -0.3 is 24.8 Å². The number of nitrogens with zero attached hydrogens (tertiary/aromatic N) is 1. The van der Waals surface area contributed by atoms with E-state index >= 15 is 0 Å². The average molecular weight is 422 g/mol. The molecule has 1 aliphatic rings. The molecule has 1 amide bonds. The maximum atomic E-state index is 12.7. The summed E-state index contributed by atoms with van der Waals surface area (Å²) in [5.74, 6) is 2.00. The molecule has 0 radical (unpaired) electrons. The smallest absolute Gasteiger partial charge is 0.238 e. The minimum Gasteiger partial charge on any atom is -0.497 e. The van der Waals surface area contributed by atoms with E-state index in [0.29, 0.717) is 17.2 Å². The first kappa shape index (κ1) is 22.8. The molecule has 1 aliphatic heterocycles. The van der Waals surface area contributed by atoms with Crippen LogP contribution in [0.15, 0.2) is 42.5 Å². The Morgan fingerprint density at radius 3 is 2.45 bits per heavy atom. The molecule has 1 fully saturated rings. The lowest BCUT2D eigenvalue weighted by Crippen LogP contribution is -2.48. The summed E-state index contributed by atoms with van der Waals surface area (Å²) in [5, 5.41) is 6.35. The number of hydrogen-bond donors (Lipinski definition) is 2. The highest BCUT2D eigenvalue weighted by molar-refractivity contribution is 5.92. The lowest BCUT2D eigenvalue weighted by atomic mass is 10.0. The summed E-state index contributed by atoms with van der Waals surface area (Å²) >= 11 is 0. The van der Waals surface area contributed by atoms with Crippen LogP contribution in [0.5, 0.6) is 17.2 Å². The Bertz CT molecular complexity index is 796. The van der Waals surface area contributed by atoms with E-state index in [1.165, 1.54) is 0 Å². The maximum Gasteiger partial charge on any atom is 0.238 e. The lowest BCUT2D eigenvalue weighted by Gasteiger charge is -2.36. The van der Waals surface area contributed by atoms with Crippen LogP contribution in [-0.2, 0) is 4.79 Å². The fraction of sp³-hybridized carbons (Fsp3) is 0.381. The molecule has 0 saturated carbocycles. The molecule has 0 aromatic heterocycles. The minimum absolute atomic E-state index is 0. The summed E-state index contributed by atoms with van der Waals surface area (Å²) in [7, 11) is 4.83.